The lowest BCUT2D eigenvalue weighted by Crippen LogP contribution is -2.14. The van der Waals surface area contributed by atoms with Crippen LogP contribution in [0.5, 0.6) is 0 Å². The van der Waals surface area contributed by atoms with E-state index in [0.717, 1.165) is 50.9 Å². The largest absolute Gasteiger partial charge is 0.464 e. The summed E-state index contributed by atoms with van der Waals surface area (Å²) in [7, 11) is 1.36. The first kappa shape index (κ1) is 14.0. The van der Waals surface area contributed by atoms with Crippen molar-refractivity contribution in [3.63, 3.8) is 0 Å². The van der Waals surface area contributed by atoms with Crippen LogP contribution in [0, 0.1) is 0 Å². The van der Waals surface area contributed by atoms with E-state index in [1.165, 1.54) is 7.11 Å². The molecule has 0 N–H and O–H groups in total. The quantitative estimate of drug-likeness (QED) is 0.732. The summed E-state index contributed by atoms with van der Waals surface area (Å²) >= 11 is 0. The molecule has 1 unspecified atom stereocenters. The summed E-state index contributed by atoms with van der Waals surface area (Å²) in [5, 5.41) is 8.02. The summed E-state index contributed by atoms with van der Waals surface area (Å²) in [6, 6.07) is 0. The number of rotatable bonds is 6. The molecule has 1 aliphatic rings. The molecule has 0 radical (unpaired) electrons. The summed E-state index contributed by atoms with van der Waals surface area (Å²) in [6.45, 7) is 3.67. The second kappa shape index (κ2) is 6.65. The smallest absolute Gasteiger partial charge is 0.360 e. The van der Waals surface area contributed by atoms with Gasteiger partial charge in [0.25, 0.3) is 0 Å². The Bertz CT molecular complexity index is 425. The van der Waals surface area contributed by atoms with Crippen molar-refractivity contribution in [2.24, 2.45) is 0 Å². The van der Waals surface area contributed by atoms with E-state index >= 15 is 0 Å². The standard InChI is InChI=1S/C13H21N3O3/c1-3-5-11-12(13(17)18-2)14-15-16(11)8-7-10-6-4-9-19-10/h10H,3-9H2,1-2H3. The molecule has 1 atom stereocenters. The maximum Gasteiger partial charge on any atom is 0.360 e. The van der Waals surface area contributed by atoms with Crippen LogP contribution >= 0.6 is 0 Å². The van der Waals surface area contributed by atoms with Crippen LogP contribution in [0.15, 0.2) is 0 Å². The van der Waals surface area contributed by atoms with Crippen molar-refractivity contribution < 1.29 is 14.3 Å². The lowest BCUT2D eigenvalue weighted by atomic mass is 10.1. The van der Waals surface area contributed by atoms with Crippen LogP contribution in [0.4, 0.5) is 0 Å². The Morgan fingerprint density at radius 3 is 3.05 bits per heavy atom. The van der Waals surface area contributed by atoms with Gasteiger partial charge in [0.2, 0.25) is 0 Å². The third-order valence-electron chi connectivity index (χ3n) is 3.39. The van der Waals surface area contributed by atoms with Gasteiger partial charge in [-0.15, -0.1) is 5.10 Å². The number of carbonyl (C=O) groups excluding carboxylic acids is 1. The minimum Gasteiger partial charge on any atom is -0.464 e. The minimum atomic E-state index is -0.410. The molecule has 2 rings (SSSR count). The number of aromatic nitrogens is 3. The molecule has 0 aliphatic carbocycles. The summed E-state index contributed by atoms with van der Waals surface area (Å²) in [6.07, 6.45) is 5.21. The van der Waals surface area contributed by atoms with Crippen LogP contribution in [0.1, 0.15) is 48.8 Å². The first-order valence-electron chi connectivity index (χ1n) is 6.88. The Morgan fingerprint density at radius 1 is 1.58 bits per heavy atom. The monoisotopic (exact) mass is 267 g/mol. The predicted octanol–water partition coefficient (Wildman–Crippen LogP) is 1.59. The van der Waals surface area contributed by atoms with Gasteiger partial charge in [-0.1, -0.05) is 18.6 Å². The fraction of sp³-hybridized carbons (Fsp3) is 0.769. The first-order chi connectivity index (χ1) is 9.26. The molecule has 106 valence electrons. The second-order valence-electron chi connectivity index (χ2n) is 4.77. The fourth-order valence-corrected chi connectivity index (χ4v) is 2.39. The van der Waals surface area contributed by atoms with Gasteiger partial charge in [0.1, 0.15) is 0 Å². The zero-order chi connectivity index (χ0) is 13.7. The Labute approximate surface area is 113 Å². The van der Waals surface area contributed by atoms with Crippen LogP contribution in [-0.4, -0.2) is 40.8 Å². The molecule has 6 heteroatoms. The van der Waals surface area contributed by atoms with Gasteiger partial charge in [0.15, 0.2) is 5.69 Å². The van der Waals surface area contributed by atoms with Crippen molar-refractivity contribution in [3.8, 4) is 0 Å². The highest BCUT2D eigenvalue weighted by Crippen LogP contribution is 2.17. The molecule has 0 aromatic carbocycles. The van der Waals surface area contributed by atoms with Crippen molar-refractivity contribution in [3.05, 3.63) is 11.4 Å². The lowest BCUT2D eigenvalue weighted by Gasteiger charge is -2.10. The van der Waals surface area contributed by atoms with Crippen LogP contribution in [0.25, 0.3) is 0 Å². The summed E-state index contributed by atoms with van der Waals surface area (Å²) in [5.74, 6) is -0.410. The van der Waals surface area contributed by atoms with Gasteiger partial charge in [-0.2, -0.15) is 0 Å². The van der Waals surface area contributed by atoms with Crippen LogP contribution in [0.2, 0.25) is 0 Å². The van der Waals surface area contributed by atoms with E-state index in [1.807, 2.05) is 4.68 Å². The summed E-state index contributed by atoms with van der Waals surface area (Å²) in [4.78, 5) is 11.6. The molecular formula is C13H21N3O3. The van der Waals surface area contributed by atoms with E-state index in [-0.39, 0.29) is 0 Å². The summed E-state index contributed by atoms with van der Waals surface area (Å²) in [5.41, 5.74) is 1.21. The van der Waals surface area contributed by atoms with Crippen LogP contribution < -0.4 is 0 Å². The van der Waals surface area contributed by atoms with Gasteiger partial charge in [-0.25, -0.2) is 9.48 Å². The molecule has 0 spiro atoms. The van der Waals surface area contributed by atoms with E-state index < -0.39 is 5.97 Å². The molecule has 1 saturated heterocycles. The number of carbonyl (C=O) groups is 1. The van der Waals surface area contributed by atoms with Gasteiger partial charge in [-0.3, -0.25) is 0 Å². The van der Waals surface area contributed by atoms with Gasteiger partial charge in [0, 0.05) is 13.2 Å². The van der Waals surface area contributed by atoms with E-state index in [9.17, 15) is 4.79 Å². The van der Waals surface area contributed by atoms with Crippen molar-refractivity contribution in [2.75, 3.05) is 13.7 Å². The highest BCUT2D eigenvalue weighted by Gasteiger charge is 2.21. The van der Waals surface area contributed by atoms with Gasteiger partial charge in [-0.05, 0) is 25.7 Å². The van der Waals surface area contributed by atoms with Crippen molar-refractivity contribution in [1.82, 2.24) is 15.0 Å². The van der Waals surface area contributed by atoms with E-state index in [1.54, 1.807) is 0 Å². The molecule has 19 heavy (non-hydrogen) atoms. The van der Waals surface area contributed by atoms with Crippen molar-refractivity contribution in [1.29, 1.82) is 0 Å². The Hall–Kier alpha value is -1.43. The zero-order valence-electron chi connectivity index (χ0n) is 11.6. The number of hydrogen-bond acceptors (Lipinski definition) is 5. The normalized spacial score (nSPS) is 18.7. The molecule has 0 saturated carbocycles. The van der Waals surface area contributed by atoms with E-state index in [0.29, 0.717) is 11.8 Å². The van der Waals surface area contributed by atoms with E-state index in [2.05, 4.69) is 17.2 Å². The maximum atomic E-state index is 11.6. The molecular weight excluding hydrogens is 246 g/mol. The van der Waals surface area contributed by atoms with Crippen LogP contribution in [0.3, 0.4) is 0 Å². The van der Waals surface area contributed by atoms with Crippen molar-refractivity contribution >= 4 is 5.97 Å². The lowest BCUT2D eigenvalue weighted by molar-refractivity contribution is 0.0592. The Kier molecular flexibility index (Phi) is 4.90. The third kappa shape index (κ3) is 3.32. The number of methoxy groups -OCH3 is 1. The Morgan fingerprint density at radius 2 is 2.42 bits per heavy atom. The zero-order valence-corrected chi connectivity index (χ0v) is 11.6. The summed E-state index contributed by atoms with van der Waals surface area (Å²) < 4.78 is 12.1. The highest BCUT2D eigenvalue weighted by molar-refractivity contribution is 5.88. The number of aryl methyl sites for hydroxylation is 1. The molecule has 1 fully saturated rings. The average Bonchev–Trinajstić information content (AvgIpc) is 3.05. The number of esters is 1. The number of nitrogens with zero attached hydrogens (tertiary/aromatic N) is 3. The molecule has 6 nitrogen and oxygen atoms in total. The predicted molar refractivity (Wildman–Crippen MR) is 68.9 cm³/mol. The average molecular weight is 267 g/mol. The van der Waals surface area contributed by atoms with Crippen molar-refractivity contribution in [2.45, 2.75) is 51.7 Å². The van der Waals surface area contributed by atoms with Crippen LogP contribution in [-0.2, 0) is 22.4 Å². The SMILES string of the molecule is CCCc1c(C(=O)OC)nnn1CCC1CCCO1. The van der Waals surface area contributed by atoms with Gasteiger partial charge < -0.3 is 9.47 Å². The number of hydrogen-bond donors (Lipinski definition) is 0. The molecule has 0 bridgehead atoms. The molecule has 1 aromatic heterocycles. The van der Waals surface area contributed by atoms with E-state index in [4.69, 9.17) is 9.47 Å². The topological polar surface area (TPSA) is 66.2 Å². The Balaban J connectivity index is 2.05. The molecule has 1 aliphatic heterocycles. The third-order valence-corrected chi connectivity index (χ3v) is 3.39. The van der Waals surface area contributed by atoms with Gasteiger partial charge in [0.05, 0.1) is 18.9 Å². The minimum absolute atomic E-state index is 0.320. The molecule has 1 aromatic rings. The fourth-order valence-electron chi connectivity index (χ4n) is 2.39. The highest BCUT2D eigenvalue weighted by atomic mass is 16.5. The molecule has 0 amide bonds. The maximum absolute atomic E-state index is 11.6. The molecule has 2 heterocycles. The first-order valence-corrected chi connectivity index (χ1v) is 6.88. The number of ether oxygens (including phenoxy) is 2. The second-order valence-corrected chi connectivity index (χ2v) is 4.77. The van der Waals surface area contributed by atoms with Gasteiger partial charge >= 0.3 is 5.97 Å².